The molecular formula is C10H3BrClF2NO. The average Bonchev–Trinajstić information content (AvgIpc) is 2.26. The van der Waals surface area contributed by atoms with Crippen LogP contribution in [0.3, 0.4) is 0 Å². The van der Waals surface area contributed by atoms with Gasteiger partial charge in [0.05, 0.1) is 15.6 Å². The van der Waals surface area contributed by atoms with E-state index in [0.717, 1.165) is 6.07 Å². The van der Waals surface area contributed by atoms with Crippen LogP contribution in [0, 0.1) is 11.6 Å². The molecule has 0 amide bonds. The van der Waals surface area contributed by atoms with Crippen LogP contribution in [-0.4, -0.2) is 11.3 Å². The first-order valence-corrected chi connectivity index (χ1v) is 5.30. The second-order valence-corrected chi connectivity index (χ2v) is 4.19. The lowest BCUT2D eigenvalue weighted by atomic mass is 10.1. The van der Waals surface area contributed by atoms with Crippen molar-refractivity contribution in [3.63, 3.8) is 0 Å². The first-order valence-electron chi connectivity index (χ1n) is 4.13. The number of carbonyl (C=O) groups excluding carboxylic acids is 1. The first-order chi connectivity index (χ1) is 7.54. The molecule has 1 aromatic carbocycles. The molecule has 0 aliphatic heterocycles. The van der Waals surface area contributed by atoms with Crippen molar-refractivity contribution in [2.24, 2.45) is 0 Å². The summed E-state index contributed by atoms with van der Waals surface area (Å²) in [4.78, 5) is 14.3. The van der Waals surface area contributed by atoms with E-state index in [2.05, 4.69) is 20.9 Å². The molecule has 1 heterocycles. The summed E-state index contributed by atoms with van der Waals surface area (Å²) in [6, 6.07) is 2.28. The van der Waals surface area contributed by atoms with E-state index in [9.17, 15) is 13.6 Å². The van der Waals surface area contributed by atoms with Gasteiger partial charge in [0.25, 0.3) is 0 Å². The number of fused-ring (bicyclic) bond motifs is 1. The maximum atomic E-state index is 13.6. The molecular weight excluding hydrogens is 303 g/mol. The van der Waals surface area contributed by atoms with Crippen molar-refractivity contribution in [3.8, 4) is 0 Å². The Labute approximate surface area is 102 Å². The third-order valence-electron chi connectivity index (χ3n) is 2.06. The number of aromatic nitrogens is 1. The van der Waals surface area contributed by atoms with Crippen molar-refractivity contribution in [1.82, 2.24) is 4.98 Å². The summed E-state index contributed by atoms with van der Waals surface area (Å²) in [5, 5.41) is -0.0385. The number of nitrogens with zero attached hydrogens (tertiary/aromatic N) is 1. The van der Waals surface area contributed by atoms with Gasteiger partial charge in [0.1, 0.15) is 16.8 Å². The minimum Gasteiger partial charge on any atom is -0.298 e. The molecule has 1 aromatic heterocycles. The van der Waals surface area contributed by atoms with Crippen molar-refractivity contribution < 1.29 is 13.6 Å². The van der Waals surface area contributed by atoms with Crippen LogP contribution in [0.2, 0.25) is 5.15 Å². The van der Waals surface area contributed by atoms with E-state index in [1.165, 1.54) is 6.07 Å². The number of pyridine rings is 1. The number of rotatable bonds is 1. The first kappa shape index (κ1) is 11.4. The number of carbonyl (C=O) groups is 1. The fourth-order valence-electron chi connectivity index (χ4n) is 1.29. The molecule has 0 bridgehead atoms. The van der Waals surface area contributed by atoms with E-state index >= 15 is 0 Å². The third kappa shape index (κ3) is 1.70. The normalized spacial score (nSPS) is 10.8. The van der Waals surface area contributed by atoms with Gasteiger partial charge >= 0.3 is 0 Å². The Kier molecular flexibility index (Phi) is 2.90. The molecule has 0 radical (unpaired) electrons. The Hall–Kier alpha value is -1.07. The molecule has 16 heavy (non-hydrogen) atoms. The molecule has 0 aliphatic rings. The molecule has 0 N–H and O–H groups in total. The summed E-state index contributed by atoms with van der Waals surface area (Å²) in [6.45, 7) is 0. The van der Waals surface area contributed by atoms with Crippen molar-refractivity contribution in [2.45, 2.75) is 0 Å². The molecule has 0 spiro atoms. The van der Waals surface area contributed by atoms with E-state index in [4.69, 9.17) is 11.6 Å². The zero-order valence-electron chi connectivity index (χ0n) is 7.60. The maximum Gasteiger partial charge on any atom is 0.153 e. The lowest BCUT2D eigenvalue weighted by Crippen LogP contribution is -1.93. The molecule has 2 rings (SSSR count). The van der Waals surface area contributed by atoms with E-state index in [1.54, 1.807) is 0 Å². The smallest absolute Gasteiger partial charge is 0.153 e. The van der Waals surface area contributed by atoms with Gasteiger partial charge in [-0.25, -0.2) is 13.8 Å². The molecule has 0 aliphatic carbocycles. The van der Waals surface area contributed by atoms with Gasteiger partial charge in [-0.2, -0.15) is 0 Å². The van der Waals surface area contributed by atoms with Gasteiger partial charge < -0.3 is 0 Å². The van der Waals surface area contributed by atoms with Gasteiger partial charge in [-0.05, 0) is 22.0 Å². The molecule has 0 saturated carbocycles. The van der Waals surface area contributed by atoms with Crippen LogP contribution in [0.15, 0.2) is 16.6 Å². The molecule has 82 valence electrons. The quantitative estimate of drug-likeness (QED) is 0.456. The number of benzene rings is 1. The fourth-order valence-corrected chi connectivity index (χ4v) is 1.81. The van der Waals surface area contributed by atoms with Crippen molar-refractivity contribution >= 4 is 44.7 Å². The van der Waals surface area contributed by atoms with Crippen LogP contribution >= 0.6 is 27.5 Å². The number of aldehydes is 1. The predicted molar refractivity (Wildman–Crippen MR) is 59.8 cm³/mol. The lowest BCUT2D eigenvalue weighted by molar-refractivity contribution is 0.112. The van der Waals surface area contributed by atoms with Gasteiger partial charge in [0.15, 0.2) is 6.29 Å². The van der Waals surface area contributed by atoms with Gasteiger partial charge in [0.2, 0.25) is 0 Å². The lowest BCUT2D eigenvalue weighted by Gasteiger charge is -2.04. The summed E-state index contributed by atoms with van der Waals surface area (Å²) in [5.74, 6) is -1.57. The number of hydrogen-bond acceptors (Lipinski definition) is 2. The van der Waals surface area contributed by atoms with Crippen LogP contribution in [0.5, 0.6) is 0 Å². The Morgan fingerprint density at radius 3 is 2.69 bits per heavy atom. The van der Waals surface area contributed by atoms with Crippen molar-refractivity contribution in [1.29, 1.82) is 0 Å². The summed E-state index contributed by atoms with van der Waals surface area (Å²) >= 11 is 8.41. The fraction of sp³-hybridized carbons (Fsp3) is 0. The van der Waals surface area contributed by atoms with Crippen LogP contribution in [0.25, 0.3) is 10.9 Å². The Bertz CT molecular complexity index is 603. The van der Waals surface area contributed by atoms with Gasteiger partial charge in [-0.3, -0.25) is 4.79 Å². The van der Waals surface area contributed by atoms with E-state index in [-0.39, 0.29) is 26.1 Å². The largest absolute Gasteiger partial charge is 0.298 e. The molecule has 2 aromatic rings. The summed E-state index contributed by atoms with van der Waals surface area (Å²) in [7, 11) is 0. The second-order valence-electron chi connectivity index (χ2n) is 3.04. The van der Waals surface area contributed by atoms with Crippen LogP contribution in [0.4, 0.5) is 8.78 Å². The van der Waals surface area contributed by atoms with Gasteiger partial charge in [0, 0.05) is 11.5 Å². The minimum absolute atomic E-state index is 0.0415. The topological polar surface area (TPSA) is 30.0 Å². The Morgan fingerprint density at radius 2 is 2.06 bits per heavy atom. The highest BCUT2D eigenvalue weighted by Crippen LogP contribution is 2.29. The molecule has 0 atom stereocenters. The molecule has 6 heteroatoms. The Balaban J connectivity index is 2.92. The van der Waals surface area contributed by atoms with E-state index in [1.807, 2.05) is 0 Å². The molecule has 0 saturated heterocycles. The third-order valence-corrected chi connectivity index (χ3v) is 3.09. The molecule has 0 fully saturated rings. The van der Waals surface area contributed by atoms with Crippen molar-refractivity contribution in [3.05, 3.63) is 39.0 Å². The predicted octanol–water partition coefficient (Wildman–Crippen LogP) is 3.74. The number of halogens is 4. The second kappa shape index (κ2) is 4.07. The minimum atomic E-state index is -0.803. The van der Waals surface area contributed by atoms with E-state index < -0.39 is 11.6 Å². The SMILES string of the molecule is O=Cc1cc2c(F)c(Br)c(F)cc2nc1Cl. The number of hydrogen-bond donors (Lipinski definition) is 0. The summed E-state index contributed by atoms with van der Waals surface area (Å²) in [5.41, 5.74) is 0.125. The highest BCUT2D eigenvalue weighted by atomic mass is 79.9. The van der Waals surface area contributed by atoms with Gasteiger partial charge in [-0.1, -0.05) is 11.6 Å². The van der Waals surface area contributed by atoms with Gasteiger partial charge in [-0.15, -0.1) is 0 Å². The Morgan fingerprint density at radius 1 is 1.38 bits per heavy atom. The maximum absolute atomic E-state index is 13.6. The standard InChI is InChI=1S/C10H3BrClF2NO/c11-8-6(13)2-7-5(9(8)14)1-4(3-16)10(12)15-7/h1-3H. The molecule has 0 unspecified atom stereocenters. The highest BCUT2D eigenvalue weighted by Gasteiger charge is 2.14. The average molecular weight is 306 g/mol. The van der Waals surface area contributed by atoms with E-state index in [0.29, 0.717) is 6.29 Å². The van der Waals surface area contributed by atoms with Crippen molar-refractivity contribution in [2.75, 3.05) is 0 Å². The monoisotopic (exact) mass is 305 g/mol. The van der Waals surface area contributed by atoms with Crippen LogP contribution in [-0.2, 0) is 0 Å². The van der Waals surface area contributed by atoms with Crippen LogP contribution in [0.1, 0.15) is 10.4 Å². The highest BCUT2D eigenvalue weighted by molar-refractivity contribution is 9.10. The molecule has 2 nitrogen and oxygen atoms in total. The van der Waals surface area contributed by atoms with Crippen LogP contribution < -0.4 is 0 Å². The zero-order valence-corrected chi connectivity index (χ0v) is 9.94. The summed E-state index contributed by atoms with van der Waals surface area (Å²) < 4.78 is 26.5. The summed E-state index contributed by atoms with van der Waals surface area (Å²) in [6.07, 6.45) is 0.464. The zero-order chi connectivity index (χ0) is 11.9.